The molecule has 0 saturated heterocycles. The summed E-state index contributed by atoms with van der Waals surface area (Å²) < 4.78 is 10.7. The molecular formula is AlCl2F. The van der Waals surface area contributed by atoms with Crippen molar-refractivity contribution < 1.29 is 3.52 Å². The Hall–Kier alpha value is 1.04. The van der Waals surface area contributed by atoms with Crippen molar-refractivity contribution in [2.45, 2.75) is 0 Å². The van der Waals surface area contributed by atoms with Gasteiger partial charge in [0.2, 0.25) is 0 Å². The van der Waals surface area contributed by atoms with Crippen LogP contribution in [0.2, 0.25) is 0 Å². The van der Waals surface area contributed by atoms with Crippen molar-refractivity contribution in [2.24, 2.45) is 0 Å². The highest BCUT2D eigenvalue weighted by Crippen LogP contribution is 1.92. The molecule has 0 radical (unpaired) electrons. The molecule has 0 aromatic carbocycles. The summed E-state index contributed by atoms with van der Waals surface area (Å²) in [6.45, 7) is 0. The molecule has 0 nitrogen and oxygen atoms in total. The third kappa shape index (κ3) is 11.7. The Morgan fingerprint density at radius 2 is 1.50 bits per heavy atom. The van der Waals surface area contributed by atoms with E-state index in [9.17, 15) is 3.52 Å². The van der Waals surface area contributed by atoms with E-state index < -0.39 is 12.8 Å². The molecule has 0 aromatic rings. The SMILES string of the molecule is [F][Al]([Cl])[Cl]. The molecule has 0 amide bonds. The van der Waals surface area contributed by atoms with Gasteiger partial charge >= 0.3 is 12.8 Å². The lowest BCUT2D eigenvalue weighted by Crippen LogP contribution is -1.69. The maximum atomic E-state index is 10.7. The van der Waals surface area contributed by atoms with Gasteiger partial charge in [-0.3, -0.25) is 0 Å². The standard InChI is InChI=1S/Al.2ClH.FH/h;3*1H/q+3;;;/p-3. The zero-order valence-electron chi connectivity index (χ0n) is 1.71. The van der Waals surface area contributed by atoms with Crippen LogP contribution in [-0.2, 0) is 0 Å². The molecule has 4 heteroatoms. The topological polar surface area (TPSA) is 0 Å². The van der Waals surface area contributed by atoms with E-state index in [-0.39, 0.29) is 0 Å². The third-order valence-electron chi connectivity index (χ3n) is 0. The molecule has 0 saturated carbocycles. The van der Waals surface area contributed by atoms with E-state index in [0.29, 0.717) is 0 Å². The van der Waals surface area contributed by atoms with E-state index >= 15 is 0 Å². The van der Waals surface area contributed by atoms with Crippen LogP contribution in [0.5, 0.6) is 0 Å². The lowest BCUT2D eigenvalue weighted by atomic mass is 18.9. The fourth-order valence-corrected chi connectivity index (χ4v) is 0. The number of halogens is 3. The summed E-state index contributed by atoms with van der Waals surface area (Å²) in [6.07, 6.45) is 0. The molecule has 0 rings (SSSR count). The summed E-state index contributed by atoms with van der Waals surface area (Å²) in [5.74, 6) is 0. The molecule has 4 heavy (non-hydrogen) atoms. The second-order valence-corrected chi connectivity index (χ2v) is 3.71. The zero-order chi connectivity index (χ0) is 3.58. The summed E-state index contributed by atoms with van der Waals surface area (Å²) in [7, 11) is 9.02. The zero-order valence-corrected chi connectivity index (χ0v) is 4.38. The van der Waals surface area contributed by atoms with Crippen LogP contribution >= 0.6 is 20.1 Å². The van der Waals surface area contributed by atoms with Crippen LogP contribution in [0.1, 0.15) is 0 Å². The van der Waals surface area contributed by atoms with Crippen LogP contribution in [0.3, 0.4) is 0 Å². The van der Waals surface area contributed by atoms with Gasteiger partial charge in [0.25, 0.3) is 0 Å². The van der Waals surface area contributed by atoms with Gasteiger partial charge in [0.1, 0.15) is 0 Å². The van der Waals surface area contributed by atoms with E-state index in [4.69, 9.17) is 0 Å². The van der Waals surface area contributed by atoms with Gasteiger partial charge in [0.15, 0.2) is 0 Å². The minimum Gasteiger partial charge on any atom is -0.375 e. The molecule has 0 aromatic heterocycles. The van der Waals surface area contributed by atoms with Crippen molar-refractivity contribution in [1.29, 1.82) is 0 Å². The first-order valence-corrected chi connectivity index (χ1v) is 4.58. The van der Waals surface area contributed by atoms with Crippen molar-refractivity contribution in [3.8, 4) is 0 Å². The second kappa shape index (κ2) is 2.29. The summed E-state index contributed by atoms with van der Waals surface area (Å²) in [6, 6.07) is 0. The van der Waals surface area contributed by atoms with Gasteiger partial charge in [0.05, 0.1) is 0 Å². The van der Waals surface area contributed by atoms with Crippen LogP contribution in [0.4, 0.5) is 3.52 Å². The Kier molecular flexibility index (Phi) is 2.89. The molecule has 24 valence electrons. The van der Waals surface area contributed by atoms with Crippen LogP contribution in [-0.4, -0.2) is 12.8 Å². The first kappa shape index (κ1) is 5.04. The maximum absolute atomic E-state index is 10.7. The highest BCUT2D eigenvalue weighted by Gasteiger charge is 2.06. The molecule has 0 spiro atoms. The summed E-state index contributed by atoms with van der Waals surface area (Å²) >= 11 is -2.69. The highest BCUT2D eigenvalue weighted by molar-refractivity contribution is 7.30. The summed E-state index contributed by atoms with van der Waals surface area (Å²) in [4.78, 5) is 0. The van der Waals surface area contributed by atoms with Crippen molar-refractivity contribution >= 4 is 32.9 Å². The molecule has 0 atom stereocenters. The Bertz CT molecular complexity index is 10.8. The minimum absolute atomic E-state index is 2.69. The largest absolute Gasteiger partial charge is 0.767 e. The minimum atomic E-state index is -2.69. The second-order valence-electron chi connectivity index (χ2n) is 0.247. The Labute approximate surface area is 36.8 Å². The van der Waals surface area contributed by atoms with Crippen LogP contribution in [0.25, 0.3) is 0 Å². The summed E-state index contributed by atoms with van der Waals surface area (Å²) in [5, 5.41) is 0. The molecular weight excluding hydrogens is 117 g/mol. The normalized spacial score (nSPS) is 6.75. The van der Waals surface area contributed by atoms with Gasteiger partial charge in [-0.2, -0.15) is 20.1 Å². The van der Waals surface area contributed by atoms with E-state index in [1.807, 2.05) is 0 Å². The fraction of sp³-hybridized carbons (Fsp3) is 0. The predicted octanol–water partition coefficient (Wildman–Crippen LogP) is 1.42. The number of hydrogen-bond donors (Lipinski definition) is 0. The molecule has 0 unspecified atom stereocenters. The van der Waals surface area contributed by atoms with Gasteiger partial charge in [-0.05, 0) is 0 Å². The smallest absolute Gasteiger partial charge is 0.375 e. The third-order valence-corrected chi connectivity index (χ3v) is 0. The average Bonchev–Trinajstić information content (AvgIpc) is 0.811. The fourth-order valence-electron chi connectivity index (χ4n) is 0. The average molecular weight is 117 g/mol. The van der Waals surface area contributed by atoms with Gasteiger partial charge in [-0.25, -0.2) is 0 Å². The molecule has 0 aliphatic rings. The van der Waals surface area contributed by atoms with Crippen molar-refractivity contribution in [2.75, 3.05) is 0 Å². The quantitative estimate of drug-likeness (QED) is 0.421. The van der Waals surface area contributed by atoms with Gasteiger partial charge in [-0.15, -0.1) is 0 Å². The maximum Gasteiger partial charge on any atom is 0.767 e. The van der Waals surface area contributed by atoms with E-state index in [1.54, 1.807) is 0 Å². The van der Waals surface area contributed by atoms with Crippen molar-refractivity contribution in [3.63, 3.8) is 0 Å². The lowest BCUT2D eigenvalue weighted by molar-refractivity contribution is 0.884. The van der Waals surface area contributed by atoms with E-state index in [1.165, 1.54) is 0 Å². The molecule has 0 heterocycles. The first-order chi connectivity index (χ1) is 1.73. The molecule has 0 N–H and O–H groups in total. The van der Waals surface area contributed by atoms with Crippen molar-refractivity contribution in [3.05, 3.63) is 0 Å². The highest BCUT2D eigenvalue weighted by atomic mass is 35.7. The van der Waals surface area contributed by atoms with Crippen LogP contribution < -0.4 is 0 Å². The van der Waals surface area contributed by atoms with Gasteiger partial charge in [0, 0.05) is 0 Å². The summed E-state index contributed by atoms with van der Waals surface area (Å²) in [5.41, 5.74) is 0. The van der Waals surface area contributed by atoms with Gasteiger partial charge < -0.3 is 3.52 Å². The van der Waals surface area contributed by atoms with Crippen LogP contribution in [0, 0.1) is 0 Å². The Balaban J connectivity index is 2.32. The monoisotopic (exact) mass is 116 g/mol. The van der Waals surface area contributed by atoms with E-state index in [0.717, 1.165) is 0 Å². The van der Waals surface area contributed by atoms with Crippen molar-refractivity contribution in [1.82, 2.24) is 0 Å². The Morgan fingerprint density at radius 1 is 1.50 bits per heavy atom. The number of rotatable bonds is 0. The van der Waals surface area contributed by atoms with E-state index in [2.05, 4.69) is 20.1 Å². The van der Waals surface area contributed by atoms with Gasteiger partial charge in [-0.1, -0.05) is 0 Å². The Morgan fingerprint density at radius 3 is 1.50 bits per heavy atom. The first-order valence-electron chi connectivity index (χ1n) is 0.655. The molecule has 0 fully saturated rings. The lowest BCUT2D eigenvalue weighted by Gasteiger charge is -1.55. The molecule has 0 bridgehead atoms. The van der Waals surface area contributed by atoms with Crippen LogP contribution in [0.15, 0.2) is 0 Å². The number of hydrogen-bond acceptors (Lipinski definition) is 0. The molecule has 0 aliphatic heterocycles. The molecule has 0 aliphatic carbocycles. The predicted molar refractivity (Wildman–Crippen MR) is 18.6 cm³/mol.